The minimum Gasteiger partial charge on any atom is -0.356 e. The molecule has 0 radical (unpaired) electrons. The number of carbonyl (C=O) groups excluding carboxylic acids is 3. The van der Waals surface area contributed by atoms with Crippen LogP contribution in [0.2, 0.25) is 0 Å². The summed E-state index contributed by atoms with van der Waals surface area (Å²) in [6.45, 7) is 6.02. The molecule has 0 saturated heterocycles. The molecule has 4 nitrogen and oxygen atoms in total. The second-order valence-electron chi connectivity index (χ2n) is 4.82. The van der Waals surface area contributed by atoms with Crippen molar-refractivity contribution in [3.8, 4) is 0 Å². The summed E-state index contributed by atoms with van der Waals surface area (Å²) in [6.07, 6.45) is 3.41. The fraction of sp³-hybridized carbons (Fsp3) is 0.786. The van der Waals surface area contributed by atoms with Gasteiger partial charge >= 0.3 is 0 Å². The van der Waals surface area contributed by atoms with E-state index in [1.165, 1.54) is 0 Å². The summed E-state index contributed by atoms with van der Waals surface area (Å²) in [6, 6.07) is 0. The van der Waals surface area contributed by atoms with Crippen molar-refractivity contribution in [2.45, 2.75) is 59.3 Å². The maximum atomic E-state index is 11.4. The first-order valence-corrected chi connectivity index (χ1v) is 6.78. The van der Waals surface area contributed by atoms with E-state index < -0.39 is 0 Å². The molecule has 1 amide bonds. The number of carbonyl (C=O) groups is 3. The van der Waals surface area contributed by atoms with Crippen LogP contribution in [0.15, 0.2) is 0 Å². The molecule has 0 fully saturated rings. The van der Waals surface area contributed by atoms with Crippen LogP contribution >= 0.6 is 0 Å². The highest BCUT2D eigenvalue weighted by Crippen LogP contribution is 2.06. The number of unbranched alkanes of at least 4 members (excludes halogenated alkanes) is 1. The molecule has 104 valence electrons. The molecule has 0 aliphatic rings. The van der Waals surface area contributed by atoms with Crippen molar-refractivity contribution < 1.29 is 14.4 Å². The molecule has 0 unspecified atom stereocenters. The van der Waals surface area contributed by atoms with Crippen LogP contribution < -0.4 is 5.32 Å². The Kier molecular flexibility index (Phi) is 9.15. The van der Waals surface area contributed by atoms with E-state index in [2.05, 4.69) is 5.32 Å². The monoisotopic (exact) mass is 255 g/mol. The molecule has 4 heteroatoms. The van der Waals surface area contributed by atoms with E-state index in [9.17, 15) is 14.4 Å². The van der Waals surface area contributed by atoms with Crippen LogP contribution in [0.4, 0.5) is 0 Å². The first-order valence-electron chi connectivity index (χ1n) is 6.78. The molecule has 0 heterocycles. The Morgan fingerprint density at radius 1 is 1.00 bits per heavy atom. The maximum absolute atomic E-state index is 11.4. The van der Waals surface area contributed by atoms with Crippen LogP contribution in [0.1, 0.15) is 59.3 Å². The minimum absolute atomic E-state index is 0.0316. The van der Waals surface area contributed by atoms with Gasteiger partial charge in [-0.25, -0.2) is 0 Å². The first-order chi connectivity index (χ1) is 8.47. The minimum atomic E-state index is -0.0316. The molecule has 1 N–H and O–H groups in total. The van der Waals surface area contributed by atoms with Gasteiger partial charge in [-0.3, -0.25) is 14.4 Å². The SMILES string of the molecule is CCC(=O)CCNC(=O)CCCCC(=O)C(C)C. The predicted octanol–water partition coefficient (Wildman–Crippen LogP) is 2.26. The third-order valence-electron chi connectivity index (χ3n) is 2.84. The van der Waals surface area contributed by atoms with E-state index in [1.54, 1.807) is 0 Å². The molecule has 18 heavy (non-hydrogen) atoms. The Bertz CT molecular complexity index is 285. The van der Waals surface area contributed by atoms with Gasteiger partial charge in [-0.15, -0.1) is 0 Å². The summed E-state index contributed by atoms with van der Waals surface area (Å²) in [5, 5.41) is 2.71. The molecule has 0 bridgehead atoms. The average molecular weight is 255 g/mol. The van der Waals surface area contributed by atoms with Crippen LogP contribution in [0.3, 0.4) is 0 Å². The van der Waals surface area contributed by atoms with Crippen LogP contribution in [-0.2, 0) is 14.4 Å². The van der Waals surface area contributed by atoms with Crippen molar-refractivity contribution in [1.82, 2.24) is 5.32 Å². The topological polar surface area (TPSA) is 63.2 Å². The van der Waals surface area contributed by atoms with Crippen molar-refractivity contribution in [2.24, 2.45) is 5.92 Å². The van der Waals surface area contributed by atoms with Gasteiger partial charge in [0.1, 0.15) is 11.6 Å². The number of ketones is 2. The smallest absolute Gasteiger partial charge is 0.220 e. The molecule has 0 spiro atoms. The summed E-state index contributed by atoms with van der Waals surface area (Å²) in [4.78, 5) is 33.7. The molecule has 0 aromatic rings. The molecule has 0 aromatic heterocycles. The number of hydrogen-bond acceptors (Lipinski definition) is 3. The molecular weight excluding hydrogens is 230 g/mol. The third kappa shape index (κ3) is 8.90. The van der Waals surface area contributed by atoms with Gasteiger partial charge in [0.25, 0.3) is 0 Å². The fourth-order valence-electron chi connectivity index (χ4n) is 1.48. The summed E-state index contributed by atoms with van der Waals surface area (Å²) in [5.41, 5.74) is 0. The first kappa shape index (κ1) is 16.8. The van der Waals surface area contributed by atoms with Crippen molar-refractivity contribution in [3.63, 3.8) is 0 Å². The number of hydrogen-bond donors (Lipinski definition) is 1. The summed E-state index contributed by atoms with van der Waals surface area (Å²) in [5.74, 6) is 0.469. The van der Waals surface area contributed by atoms with Gasteiger partial charge in [0, 0.05) is 38.1 Å². The van der Waals surface area contributed by atoms with Gasteiger partial charge in [0.2, 0.25) is 5.91 Å². The van der Waals surface area contributed by atoms with E-state index in [4.69, 9.17) is 0 Å². The summed E-state index contributed by atoms with van der Waals surface area (Å²) < 4.78 is 0. The van der Waals surface area contributed by atoms with Gasteiger partial charge in [0.05, 0.1) is 0 Å². The Morgan fingerprint density at radius 3 is 2.17 bits per heavy atom. The molecule has 0 rings (SSSR count). The van der Waals surface area contributed by atoms with Crippen molar-refractivity contribution in [2.75, 3.05) is 6.54 Å². The quantitative estimate of drug-likeness (QED) is 0.609. The molecule has 0 aliphatic heterocycles. The van der Waals surface area contributed by atoms with Crippen LogP contribution in [0, 0.1) is 5.92 Å². The zero-order valence-corrected chi connectivity index (χ0v) is 11.8. The van der Waals surface area contributed by atoms with E-state index in [0.29, 0.717) is 32.2 Å². The Morgan fingerprint density at radius 2 is 1.61 bits per heavy atom. The fourth-order valence-corrected chi connectivity index (χ4v) is 1.48. The van der Waals surface area contributed by atoms with Crippen molar-refractivity contribution in [1.29, 1.82) is 0 Å². The van der Waals surface area contributed by atoms with E-state index in [0.717, 1.165) is 12.8 Å². The number of nitrogens with one attached hydrogen (secondary N) is 1. The lowest BCUT2D eigenvalue weighted by Gasteiger charge is -2.05. The summed E-state index contributed by atoms with van der Waals surface area (Å²) >= 11 is 0. The van der Waals surface area contributed by atoms with Gasteiger partial charge in [0.15, 0.2) is 0 Å². The average Bonchev–Trinajstić information content (AvgIpc) is 2.33. The van der Waals surface area contributed by atoms with Gasteiger partial charge < -0.3 is 5.32 Å². The predicted molar refractivity (Wildman–Crippen MR) is 71.2 cm³/mol. The molecule has 0 atom stereocenters. The number of rotatable bonds is 10. The molecule has 0 aliphatic carbocycles. The van der Waals surface area contributed by atoms with Crippen molar-refractivity contribution in [3.05, 3.63) is 0 Å². The lowest BCUT2D eigenvalue weighted by Crippen LogP contribution is -2.25. The van der Waals surface area contributed by atoms with E-state index in [-0.39, 0.29) is 23.4 Å². The Balaban J connectivity index is 3.48. The standard InChI is InChI=1S/C14H25NO3/c1-4-12(16)9-10-15-14(18)8-6-5-7-13(17)11(2)3/h11H,4-10H2,1-3H3,(H,15,18). The highest BCUT2D eigenvalue weighted by Gasteiger charge is 2.07. The maximum Gasteiger partial charge on any atom is 0.220 e. The highest BCUT2D eigenvalue weighted by atomic mass is 16.2. The second kappa shape index (κ2) is 9.80. The molecule has 0 aromatic carbocycles. The number of Topliss-reactive ketones (excluding diaryl/α,β-unsaturated/α-hetero) is 2. The lowest BCUT2D eigenvalue weighted by atomic mass is 10.0. The Labute approximate surface area is 110 Å². The van der Waals surface area contributed by atoms with Gasteiger partial charge in [-0.2, -0.15) is 0 Å². The largest absolute Gasteiger partial charge is 0.356 e. The van der Waals surface area contributed by atoms with Crippen molar-refractivity contribution >= 4 is 17.5 Å². The molecule has 0 saturated carbocycles. The zero-order chi connectivity index (χ0) is 14.0. The highest BCUT2D eigenvalue weighted by molar-refractivity contribution is 5.81. The van der Waals surface area contributed by atoms with Gasteiger partial charge in [-0.1, -0.05) is 20.8 Å². The second-order valence-corrected chi connectivity index (χ2v) is 4.82. The normalized spacial score (nSPS) is 10.4. The third-order valence-corrected chi connectivity index (χ3v) is 2.84. The number of amides is 1. The lowest BCUT2D eigenvalue weighted by molar-refractivity contribution is -0.123. The van der Waals surface area contributed by atoms with Crippen LogP contribution in [-0.4, -0.2) is 24.0 Å². The van der Waals surface area contributed by atoms with E-state index >= 15 is 0 Å². The van der Waals surface area contributed by atoms with Gasteiger partial charge in [-0.05, 0) is 12.8 Å². The molecular formula is C14H25NO3. The van der Waals surface area contributed by atoms with E-state index in [1.807, 2.05) is 20.8 Å². The Hall–Kier alpha value is -1.19. The van der Waals surface area contributed by atoms with Crippen LogP contribution in [0.25, 0.3) is 0 Å². The zero-order valence-electron chi connectivity index (χ0n) is 11.8. The summed E-state index contributed by atoms with van der Waals surface area (Å²) in [7, 11) is 0. The van der Waals surface area contributed by atoms with Crippen LogP contribution in [0.5, 0.6) is 0 Å².